The summed E-state index contributed by atoms with van der Waals surface area (Å²) in [5.74, 6) is -0.240. The lowest BCUT2D eigenvalue weighted by Crippen LogP contribution is -2.54. The van der Waals surface area contributed by atoms with Crippen LogP contribution < -0.4 is 5.73 Å². The van der Waals surface area contributed by atoms with Crippen molar-refractivity contribution in [3.63, 3.8) is 0 Å². The van der Waals surface area contributed by atoms with Gasteiger partial charge in [-0.2, -0.15) is 4.31 Å². The van der Waals surface area contributed by atoms with Gasteiger partial charge in [0.25, 0.3) is 0 Å². The van der Waals surface area contributed by atoms with E-state index in [-0.39, 0.29) is 24.7 Å². The predicted molar refractivity (Wildman–Crippen MR) is 78.6 cm³/mol. The molecule has 1 heterocycles. The first-order valence-electron chi connectivity index (χ1n) is 6.50. The van der Waals surface area contributed by atoms with Crippen LogP contribution in [-0.4, -0.2) is 50.3 Å². The van der Waals surface area contributed by atoms with Gasteiger partial charge in [0, 0.05) is 12.4 Å². The fourth-order valence-electron chi connectivity index (χ4n) is 2.17. The van der Waals surface area contributed by atoms with Crippen LogP contribution in [0.25, 0.3) is 0 Å². The Labute approximate surface area is 128 Å². The summed E-state index contributed by atoms with van der Waals surface area (Å²) in [6.07, 6.45) is 0.670. The van der Waals surface area contributed by atoms with E-state index in [1.165, 1.54) is 12.1 Å². The van der Waals surface area contributed by atoms with Gasteiger partial charge < -0.3 is 10.5 Å². The summed E-state index contributed by atoms with van der Waals surface area (Å²) in [7, 11) is -3.77. The molecule has 116 valence electrons. The molecular weight excluding hydrogens is 316 g/mol. The maximum Gasteiger partial charge on any atom is 0.243 e. The average molecular weight is 333 g/mol. The van der Waals surface area contributed by atoms with Gasteiger partial charge in [0.05, 0.1) is 18.1 Å². The maximum atomic E-state index is 12.6. The van der Waals surface area contributed by atoms with Crippen LogP contribution in [0.15, 0.2) is 29.2 Å². The molecule has 1 fully saturated rings. The van der Waals surface area contributed by atoms with E-state index in [9.17, 15) is 13.2 Å². The minimum absolute atomic E-state index is 0.0150. The first-order valence-corrected chi connectivity index (χ1v) is 8.48. The van der Waals surface area contributed by atoms with Gasteiger partial charge in [-0.3, -0.25) is 4.79 Å². The summed E-state index contributed by atoms with van der Waals surface area (Å²) < 4.78 is 31.5. The first-order chi connectivity index (χ1) is 9.96. The number of sulfonamides is 1. The van der Waals surface area contributed by atoms with Crippen LogP contribution in [-0.2, 0) is 26.0 Å². The highest BCUT2D eigenvalue weighted by atomic mass is 35.5. The third-order valence-electron chi connectivity index (χ3n) is 3.32. The van der Waals surface area contributed by atoms with Crippen molar-refractivity contribution in [3.05, 3.63) is 29.8 Å². The third-order valence-corrected chi connectivity index (χ3v) is 5.43. The number of primary amides is 1. The smallest absolute Gasteiger partial charge is 0.243 e. The van der Waals surface area contributed by atoms with E-state index in [0.717, 1.165) is 9.87 Å². The lowest BCUT2D eigenvalue weighted by Gasteiger charge is -2.32. The summed E-state index contributed by atoms with van der Waals surface area (Å²) in [5.41, 5.74) is 6.21. The quantitative estimate of drug-likeness (QED) is 0.787. The van der Waals surface area contributed by atoms with Crippen LogP contribution in [0.3, 0.4) is 0 Å². The Kier molecular flexibility index (Phi) is 5.21. The molecule has 0 radical (unpaired) electrons. The van der Waals surface area contributed by atoms with Crippen molar-refractivity contribution < 1.29 is 17.9 Å². The van der Waals surface area contributed by atoms with Crippen LogP contribution in [0, 0.1) is 0 Å². The van der Waals surface area contributed by atoms with Crippen molar-refractivity contribution in [3.8, 4) is 0 Å². The Hall–Kier alpha value is -1.15. The fourth-order valence-corrected chi connectivity index (χ4v) is 3.96. The molecule has 0 spiro atoms. The van der Waals surface area contributed by atoms with Gasteiger partial charge in [-0.05, 0) is 24.1 Å². The topological polar surface area (TPSA) is 89.7 Å². The molecule has 2 N–H and O–H groups in total. The minimum atomic E-state index is -3.77. The van der Waals surface area contributed by atoms with Crippen LogP contribution in [0.1, 0.15) is 5.56 Å². The number of benzene rings is 1. The summed E-state index contributed by atoms with van der Waals surface area (Å²) in [4.78, 5) is 11.5. The zero-order valence-electron chi connectivity index (χ0n) is 11.4. The monoisotopic (exact) mass is 332 g/mol. The van der Waals surface area contributed by atoms with Crippen molar-refractivity contribution in [2.24, 2.45) is 5.73 Å². The Morgan fingerprint density at radius 3 is 2.62 bits per heavy atom. The summed E-state index contributed by atoms with van der Waals surface area (Å²) in [5, 5.41) is 0. The van der Waals surface area contributed by atoms with E-state index < -0.39 is 22.0 Å². The van der Waals surface area contributed by atoms with E-state index in [1.54, 1.807) is 12.1 Å². The highest BCUT2D eigenvalue weighted by molar-refractivity contribution is 7.89. The van der Waals surface area contributed by atoms with Crippen LogP contribution in [0.4, 0.5) is 0 Å². The van der Waals surface area contributed by atoms with Gasteiger partial charge in [-0.25, -0.2) is 8.42 Å². The van der Waals surface area contributed by atoms with E-state index in [1.807, 2.05) is 0 Å². The Balaban J connectivity index is 2.29. The molecule has 1 atom stereocenters. The van der Waals surface area contributed by atoms with Crippen molar-refractivity contribution in [1.82, 2.24) is 4.31 Å². The molecule has 1 saturated heterocycles. The molecule has 1 aliphatic rings. The average Bonchev–Trinajstić information content (AvgIpc) is 2.48. The molecule has 0 bridgehead atoms. The number of amides is 1. The molecule has 0 saturated carbocycles. The SMILES string of the molecule is NC(=O)C1COCCN1S(=O)(=O)c1ccc(CCCl)cc1. The highest BCUT2D eigenvalue weighted by Crippen LogP contribution is 2.21. The van der Waals surface area contributed by atoms with Crippen molar-refractivity contribution >= 4 is 27.5 Å². The van der Waals surface area contributed by atoms with Gasteiger partial charge in [0.15, 0.2) is 0 Å². The van der Waals surface area contributed by atoms with E-state index in [0.29, 0.717) is 12.3 Å². The second kappa shape index (κ2) is 6.74. The number of nitrogens with two attached hydrogens (primary N) is 1. The van der Waals surface area contributed by atoms with Crippen LogP contribution in [0.2, 0.25) is 0 Å². The first kappa shape index (κ1) is 16.2. The Morgan fingerprint density at radius 2 is 2.05 bits per heavy atom. The normalized spacial score (nSPS) is 20.3. The van der Waals surface area contributed by atoms with Gasteiger partial charge in [0.1, 0.15) is 6.04 Å². The number of alkyl halides is 1. The number of hydrogen-bond donors (Lipinski definition) is 1. The van der Waals surface area contributed by atoms with Gasteiger partial charge in [0.2, 0.25) is 15.9 Å². The molecule has 21 heavy (non-hydrogen) atoms. The summed E-state index contributed by atoms with van der Waals surface area (Å²) in [6, 6.07) is 5.51. The molecule has 1 amide bonds. The van der Waals surface area contributed by atoms with Gasteiger partial charge >= 0.3 is 0 Å². The van der Waals surface area contributed by atoms with Gasteiger partial charge in [-0.15, -0.1) is 11.6 Å². The summed E-state index contributed by atoms with van der Waals surface area (Å²) >= 11 is 5.65. The molecule has 1 aromatic rings. The molecule has 0 aliphatic carbocycles. The number of hydrogen-bond acceptors (Lipinski definition) is 4. The van der Waals surface area contributed by atoms with Crippen LogP contribution in [0.5, 0.6) is 0 Å². The van der Waals surface area contributed by atoms with Gasteiger partial charge in [-0.1, -0.05) is 12.1 Å². The molecule has 1 aromatic carbocycles. The molecule has 0 aromatic heterocycles. The zero-order valence-corrected chi connectivity index (χ0v) is 12.9. The molecular formula is C13H17ClN2O4S. The van der Waals surface area contributed by atoms with Crippen molar-refractivity contribution in [2.45, 2.75) is 17.4 Å². The van der Waals surface area contributed by atoms with Crippen LogP contribution >= 0.6 is 11.6 Å². The van der Waals surface area contributed by atoms with Crippen molar-refractivity contribution in [1.29, 1.82) is 0 Å². The molecule has 6 nitrogen and oxygen atoms in total. The maximum absolute atomic E-state index is 12.6. The number of rotatable bonds is 5. The number of ether oxygens (including phenoxy) is 1. The summed E-state index contributed by atoms with van der Waals surface area (Å²) in [6.45, 7) is 0.339. The number of halogens is 1. The number of nitrogens with zero attached hydrogens (tertiary/aromatic N) is 1. The van der Waals surface area contributed by atoms with E-state index in [2.05, 4.69) is 0 Å². The van der Waals surface area contributed by atoms with E-state index >= 15 is 0 Å². The minimum Gasteiger partial charge on any atom is -0.378 e. The lowest BCUT2D eigenvalue weighted by molar-refractivity contribution is -0.125. The second-order valence-electron chi connectivity index (χ2n) is 4.69. The standard InChI is InChI=1S/C13H17ClN2O4S/c14-6-5-10-1-3-11(4-2-10)21(18,19)16-7-8-20-9-12(16)13(15)17/h1-4,12H,5-9H2,(H2,15,17). The van der Waals surface area contributed by atoms with Crippen molar-refractivity contribution in [2.75, 3.05) is 25.6 Å². The second-order valence-corrected chi connectivity index (χ2v) is 6.96. The Morgan fingerprint density at radius 1 is 1.38 bits per heavy atom. The number of carbonyl (C=O) groups excluding carboxylic acids is 1. The predicted octanol–water partition coefficient (Wildman–Crippen LogP) is 0.343. The lowest BCUT2D eigenvalue weighted by atomic mass is 10.2. The molecule has 1 aliphatic heterocycles. The molecule has 1 unspecified atom stereocenters. The Bertz CT molecular complexity index is 603. The molecule has 8 heteroatoms. The largest absolute Gasteiger partial charge is 0.378 e. The molecule has 2 rings (SSSR count). The highest BCUT2D eigenvalue weighted by Gasteiger charge is 2.37. The third kappa shape index (κ3) is 3.55. The fraction of sp³-hybridized carbons (Fsp3) is 0.462. The number of aryl methyl sites for hydroxylation is 1. The zero-order chi connectivity index (χ0) is 15.5. The van der Waals surface area contributed by atoms with E-state index in [4.69, 9.17) is 22.1 Å². The number of carbonyl (C=O) groups is 1. The number of morpholine rings is 1.